The molecule has 19 heteroatoms. The summed E-state index contributed by atoms with van der Waals surface area (Å²) in [5.74, 6) is -2.24. The summed E-state index contributed by atoms with van der Waals surface area (Å²) in [5, 5.41) is 20.6. The predicted molar refractivity (Wildman–Crippen MR) is 159 cm³/mol. The third kappa shape index (κ3) is 9.77. The van der Waals surface area contributed by atoms with Crippen molar-refractivity contribution in [2.45, 2.75) is 95.6 Å². The minimum Gasteiger partial charge on any atom is -0.481 e. The van der Waals surface area contributed by atoms with Crippen molar-refractivity contribution >= 4 is 23.5 Å². The summed E-state index contributed by atoms with van der Waals surface area (Å²) in [6.07, 6.45) is -13.2. The molecular formula is C31H33F9N6O4. The van der Waals surface area contributed by atoms with Crippen LogP contribution in [0.5, 0.6) is 5.75 Å². The molecule has 1 amide bonds. The summed E-state index contributed by atoms with van der Waals surface area (Å²) in [6, 6.07) is 2.61. The number of rotatable bonds is 13. The van der Waals surface area contributed by atoms with Crippen LogP contribution < -0.4 is 14.5 Å². The zero-order valence-electron chi connectivity index (χ0n) is 26.7. The molecule has 0 saturated carbocycles. The first-order valence-corrected chi connectivity index (χ1v) is 15.5. The Labute approximate surface area is 279 Å². The lowest BCUT2D eigenvalue weighted by atomic mass is 9.87. The van der Waals surface area contributed by atoms with Gasteiger partial charge in [-0.3, -0.25) is 9.59 Å². The summed E-state index contributed by atoms with van der Waals surface area (Å²) in [6.45, 7) is 1.08. The number of nitrogens with zero attached hydrogens (tertiary/aromatic N) is 6. The molecule has 2 aromatic carbocycles. The van der Waals surface area contributed by atoms with Crippen LogP contribution in [0.25, 0.3) is 0 Å². The standard InChI is InChI=1S/C31H33F9N6O4/c1-3-21-15-25(45(28-41-43-44(2)42-28)17-18-12-19(29(32,33)34)14-20(13-18)30(35,36)37)23-16-22(50-31(38,39)40)10-11-24(23)46(21)26(47)8-6-4-5-7-9-27(48)49/h10-14,16,21,25H,3-9,15,17H2,1-2H3,(H,48,49). The zero-order chi connectivity index (χ0) is 37.0. The number of carbonyl (C=O) groups excluding carboxylic acids is 1. The lowest BCUT2D eigenvalue weighted by Gasteiger charge is -2.44. The van der Waals surface area contributed by atoms with Crippen molar-refractivity contribution < 1.29 is 58.9 Å². The second kappa shape index (κ2) is 15.1. The Kier molecular flexibility index (Phi) is 11.6. The van der Waals surface area contributed by atoms with Gasteiger partial charge in [0.2, 0.25) is 5.91 Å². The van der Waals surface area contributed by atoms with Crippen LogP contribution in [0.3, 0.4) is 0 Å². The topological polar surface area (TPSA) is 114 Å². The predicted octanol–water partition coefficient (Wildman–Crippen LogP) is 7.83. The number of anilines is 2. The molecule has 0 fully saturated rings. The van der Waals surface area contributed by atoms with Gasteiger partial charge in [0.15, 0.2) is 0 Å². The Morgan fingerprint density at radius 1 is 0.920 bits per heavy atom. The second-order valence-electron chi connectivity index (χ2n) is 11.8. The molecule has 0 bridgehead atoms. The molecule has 0 spiro atoms. The van der Waals surface area contributed by atoms with Gasteiger partial charge in [-0.2, -0.15) is 31.1 Å². The molecule has 4 rings (SSSR count). The number of tetrazole rings is 1. The van der Waals surface area contributed by atoms with E-state index in [0.29, 0.717) is 44.2 Å². The van der Waals surface area contributed by atoms with Gasteiger partial charge in [0, 0.05) is 36.7 Å². The highest BCUT2D eigenvalue weighted by atomic mass is 19.4. The van der Waals surface area contributed by atoms with Crippen LogP contribution in [-0.4, -0.2) is 49.6 Å². The van der Waals surface area contributed by atoms with Crippen LogP contribution in [0.2, 0.25) is 0 Å². The zero-order valence-corrected chi connectivity index (χ0v) is 26.7. The van der Waals surface area contributed by atoms with Crippen molar-refractivity contribution in [3.8, 4) is 5.75 Å². The van der Waals surface area contributed by atoms with Gasteiger partial charge in [-0.15, -0.1) is 18.3 Å². The number of unbranched alkanes of at least 4 members (excludes halogenated alkanes) is 3. The molecule has 1 aromatic heterocycles. The van der Waals surface area contributed by atoms with E-state index in [1.807, 2.05) is 0 Å². The number of ether oxygens (including phenoxy) is 1. The van der Waals surface area contributed by atoms with E-state index in [0.717, 1.165) is 16.9 Å². The van der Waals surface area contributed by atoms with E-state index in [2.05, 4.69) is 20.1 Å². The number of fused-ring (bicyclic) bond motifs is 1. The van der Waals surface area contributed by atoms with E-state index >= 15 is 0 Å². The second-order valence-corrected chi connectivity index (χ2v) is 11.8. The highest BCUT2D eigenvalue weighted by Crippen LogP contribution is 2.46. The van der Waals surface area contributed by atoms with Gasteiger partial charge in [-0.05, 0) is 72.9 Å². The SMILES string of the molecule is CCC1CC(N(Cc2cc(C(F)(F)F)cc(C(F)(F)F)c2)c2nnn(C)n2)c2cc(OC(F)(F)F)ccc2N1C(=O)CCCCCCC(=O)O. The van der Waals surface area contributed by atoms with Gasteiger partial charge in [0.1, 0.15) is 5.75 Å². The van der Waals surface area contributed by atoms with Crippen LogP contribution in [0.4, 0.5) is 51.1 Å². The maximum absolute atomic E-state index is 13.7. The van der Waals surface area contributed by atoms with E-state index < -0.39 is 65.8 Å². The molecule has 0 saturated heterocycles. The monoisotopic (exact) mass is 724 g/mol. The Balaban J connectivity index is 1.80. The minimum atomic E-state index is -5.14. The molecule has 0 aliphatic carbocycles. The number of amides is 1. The maximum Gasteiger partial charge on any atom is 0.573 e. The van der Waals surface area contributed by atoms with Gasteiger partial charge >= 0.3 is 24.7 Å². The molecule has 2 heterocycles. The molecule has 1 aliphatic rings. The number of aryl methyl sites for hydroxylation is 1. The number of carbonyl (C=O) groups is 2. The van der Waals surface area contributed by atoms with Crippen LogP contribution in [-0.2, 0) is 35.5 Å². The van der Waals surface area contributed by atoms with Crippen LogP contribution in [0.15, 0.2) is 36.4 Å². The number of hydrogen-bond acceptors (Lipinski definition) is 7. The van der Waals surface area contributed by atoms with E-state index in [4.69, 9.17) is 5.11 Å². The average Bonchev–Trinajstić information content (AvgIpc) is 3.44. The van der Waals surface area contributed by atoms with Gasteiger partial charge < -0.3 is 19.6 Å². The van der Waals surface area contributed by atoms with Gasteiger partial charge in [-0.25, -0.2) is 0 Å². The number of hydrogen-bond donors (Lipinski definition) is 1. The Morgan fingerprint density at radius 3 is 2.06 bits per heavy atom. The average molecular weight is 725 g/mol. The first-order valence-electron chi connectivity index (χ1n) is 15.5. The molecule has 1 aliphatic heterocycles. The molecule has 2 unspecified atom stereocenters. The molecule has 1 N–H and O–H groups in total. The third-order valence-corrected chi connectivity index (χ3v) is 8.11. The Bertz CT molecular complexity index is 1630. The number of aliphatic carboxylic acids is 1. The largest absolute Gasteiger partial charge is 0.573 e. The van der Waals surface area contributed by atoms with Crippen molar-refractivity contribution in [3.63, 3.8) is 0 Å². The Hall–Kier alpha value is -4.58. The van der Waals surface area contributed by atoms with E-state index in [1.165, 1.54) is 22.9 Å². The van der Waals surface area contributed by atoms with Crippen molar-refractivity contribution in [1.82, 2.24) is 20.2 Å². The molecule has 50 heavy (non-hydrogen) atoms. The lowest BCUT2D eigenvalue weighted by Crippen LogP contribution is -2.47. The van der Waals surface area contributed by atoms with Crippen LogP contribution >= 0.6 is 0 Å². The first-order chi connectivity index (χ1) is 23.3. The minimum absolute atomic E-state index is 0.0200. The fourth-order valence-electron chi connectivity index (χ4n) is 5.93. The highest BCUT2D eigenvalue weighted by Gasteiger charge is 2.41. The van der Waals surface area contributed by atoms with Gasteiger partial charge in [0.25, 0.3) is 5.95 Å². The molecule has 10 nitrogen and oxygen atoms in total. The number of aromatic nitrogens is 4. The van der Waals surface area contributed by atoms with Crippen molar-refractivity contribution in [2.24, 2.45) is 7.05 Å². The fourth-order valence-corrected chi connectivity index (χ4v) is 5.93. The summed E-state index contributed by atoms with van der Waals surface area (Å²) >= 11 is 0. The van der Waals surface area contributed by atoms with Crippen molar-refractivity contribution in [1.29, 1.82) is 0 Å². The molecular weight excluding hydrogens is 691 g/mol. The first kappa shape index (κ1) is 38.2. The summed E-state index contributed by atoms with van der Waals surface area (Å²) in [7, 11) is 1.36. The number of carboxylic acid groups (broad SMARTS) is 1. The molecule has 3 aromatic rings. The van der Waals surface area contributed by atoms with E-state index in [1.54, 1.807) is 6.92 Å². The number of alkyl halides is 9. The quantitative estimate of drug-likeness (QED) is 0.140. The van der Waals surface area contributed by atoms with Crippen LogP contribution in [0.1, 0.15) is 86.6 Å². The fraction of sp³-hybridized carbons (Fsp3) is 0.516. The smallest absolute Gasteiger partial charge is 0.481 e. The number of halogens is 9. The summed E-state index contributed by atoms with van der Waals surface area (Å²) in [4.78, 5) is 28.1. The summed E-state index contributed by atoms with van der Waals surface area (Å²) < 4.78 is 126. The normalized spacial score (nSPS) is 16.7. The molecule has 2 atom stereocenters. The van der Waals surface area contributed by atoms with Crippen LogP contribution in [0, 0.1) is 0 Å². The number of carboxylic acids is 1. The summed E-state index contributed by atoms with van der Waals surface area (Å²) in [5.41, 5.74) is -3.36. The van der Waals surface area contributed by atoms with Gasteiger partial charge in [-0.1, -0.05) is 24.9 Å². The van der Waals surface area contributed by atoms with E-state index in [9.17, 15) is 49.1 Å². The number of benzene rings is 2. The third-order valence-electron chi connectivity index (χ3n) is 8.11. The molecule has 274 valence electrons. The molecule has 0 radical (unpaired) electrons. The van der Waals surface area contributed by atoms with Gasteiger partial charge in [0.05, 0.1) is 24.2 Å². The highest BCUT2D eigenvalue weighted by molar-refractivity contribution is 5.95. The van der Waals surface area contributed by atoms with E-state index in [-0.39, 0.29) is 48.4 Å². The lowest BCUT2D eigenvalue weighted by molar-refractivity contribution is -0.274. The van der Waals surface area contributed by atoms with Crippen molar-refractivity contribution in [2.75, 3.05) is 9.80 Å². The maximum atomic E-state index is 13.7. The Morgan fingerprint density at radius 2 is 1.54 bits per heavy atom. The van der Waals surface area contributed by atoms with Crippen molar-refractivity contribution in [3.05, 3.63) is 58.7 Å².